The maximum atomic E-state index is 12.8. The fourth-order valence-electron chi connectivity index (χ4n) is 3.17. The van der Waals surface area contributed by atoms with Crippen LogP contribution in [0.2, 0.25) is 0 Å². The van der Waals surface area contributed by atoms with Gasteiger partial charge in [-0.05, 0) is 53.9 Å². The summed E-state index contributed by atoms with van der Waals surface area (Å²) in [5, 5.41) is 3.23. The molecule has 2 aromatic carbocycles. The first kappa shape index (κ1) is 18.0. The highest BCUT2D eigenvalue weighted by Crippen LogP contribution is 2.27. The second-order valence-electron chi connectivity index (χ2n) is 6.54. The summed E-state index contributed by atoms with van der Waals surface area (Å²) < 4.78 is 35.8. The molecule has 4 aromatic rings. The Balaban J connectivity index is 1.59. The van der Waals surface area contributed by atoms with Gasteiger partial charge < -0.3 is 4.42 Å². The van der Waals surface area contributed by atoms with Crippen LogP contribution in [0.1, 0.15) is 12.5 Å². The van der Waals surface area contributed by atoms with Crippen molar-refractivity contribution in [3.05, 3.63) is 64.0 Å². The van der Waals surface area contributed by atoms with Crippen molar-refractivity contribution in [1.82, 2.24) is 9.29 Å². The molecule has 140 valence electrons. The molecule has 8 heteroatoms. The summed E-state index contributed by atoms with van der Waals surface area (Å²) in [5.74, 6) is -0.523. The van der Waals surface area contributed by atoms with Gasteiger partial charge >= 0.3 is 5.76 Å². The minimum atomic E-state index is -3.72. The molecule has 0 aliphatic carbocycles. The lowest BCUT2D eigenvalue weighted by molar-refractivity contribution is 0.528. The molecule has 1 unspecified atom stereocenters. The van der Waals surface area contributed by atoms with Crippen molar-refractivity contribution in [1.29, 1.82) is 0 Å². The molecule has 0 amide bonds. The number of aryl methyl sites for hydroxylation is 1. The molecule has 1 N–H and O–H groups in total. The summed E-state index contributed by atoms with van der Waals surface area (Å²) in [5.41, 5.74) is 1.93. The highest BCUT2D eigenvalue weighted by molar-refractivity contribution is 7.89. The maximum Gasteiger partial charge on any atom is 0.419 e. The summed E-state index contributed by atoms with van der Waals surface area (Å²) in [6.07, 6.45) is 0.593. The molecule has 4 rings (SSSR count). The van der Waals surface area contributed by atoms with Crippen molar-refractivity contribution in [2.75, 3.05) is 0 Å². The van der Waals surface area contributed by atoms with E-state index in [-0.39, 0.29) is 10.9 Å². The largest absolute Gasteiger partial charge is 0.419 e. The molecule has 0 saturated carbocycles. The molecule has 0 aliphatic heterocycles. The van der Waals surface area contributed by atoms with Crippen molar-refractivity contribution in [2.45, 2.75) is 24.3 Å². The molecule has 0 fully saturated rings. The number of nitrogens with one attached hydrogen (secondary N) is 1. The van der Waals surface area contributed by atoms with Crippen molar-refractivity contribution in [3.8, 4) is 0 Å². The van der Waals surface area contributed by atoms with Crippen LogP contribution in [0, 0.1) is 0 Å². The zero-order valence-electron chi connectivity index (χ0n) is 14.8. The molecule has 0 aliphatic rings. The Bertz CT molecular complexity index is 1300. The molecular weight excluding hydrogens is 384 g/mol. The number of oxazole rings is 1. The SMILES string of the molecule is CC(Cc1csc2ccccc12)NS(=O)(=O)c1ccc2oc(=O)n(C)c2c1. The number of rotatable bonds is 5. The molecule has 0 bridgehead atoms. The van der Waals surface area contributed by atoms with Gasteiger partial charge in [-0.15, -0.1) is 11.3 Å². The number of sulfonamides is 1. The molecule has 1 atom stereocenters. The topological polar surface area (TPSA) is 81.3 Å². The van der Waals surface area contributed by atoms with Crippen LogP contribution in [-0.4, -0.2) is 19.0 Å². The number of benzene rings is 2. The average Bonchev–Trinajstić information content (AvgIpc) is 3.16. The van der Waals surface area contributed by atoms with Crippen LogP contribution < -0.4 is 10.5 Å². The zero-order valence-corrected chi connectivity index (χ0v) is 16.4. The molecule has 6 nitrogen and oxygen atoms in total. The van der Waals surface area contributed by atoms with Gasteiger partial charge in [0.05, 0.1) is 10.4 Å². The third kappa shape index (κ3) is 3.31. The first-order valence-corrected chi connectivity index (χ1v) is 10.8. The van der Waals surface area contributed by atoms with Crippen LogP contribution in [0.5, 0.6) is 0 Å². The Kier molecular flexibility index (Phi) is 4.41. The van der Waals surface area contributed by atoms with E-state index in [0.29, 0.717) is 17.5 Å². The fraction of sp³-hybridized carbons (Fsp3) is 0.211. The Morgan fingerprint density at radius 3 is 2.81 bits per heavy atom. The highest BCUT2D eigenvalue weighted by Gasteiger charge is 2.20. The number of fused-ring (bicyclic) bond motifs is 2. The first-order valence-electron chi connectivity index (χ1n) is 8.42. The van der Waals surface area contributed by atoms with E-state index in [1.54, 1.807) is 18.4 Å². The van der Waals surface area contributed by atoms with Gasteiger partial charge in [0.2, 0.25) is 10.0 Å². The van der Waals surface area contributed by atoms with E-state index < -0.39 is 15.8 Å². The first-order chi connectivity index (χ1) is 12.8. The van der Waals surface area contributed by atoms with Gasteiger partial charge in [-0.1, -0.05) is 18.2 Å². The normalized spacial score (nSPS) is 13.4. The van der Waals surface area contributed by atoms with Gasteiger partial charge in [0.15, 0.2) is 5.58 Å². The van der Waals surface area contributed by atoms with Gasteiger partial charge in [0, 0.05) is 17.8 Å². The summed E-state index contributed by atoms with van der Waals surface area (Å²) in [6.45, 7) is 1.84. The van der Waals surface area contributed by atoms with Crippen LogP contribution in [0.4, 0.5) is 0 Å². The quantitative estimate of drug-likeness (QED) is 0.556. The lowest BCUT2D eigenvalue weighted by Crippen LogP contribution is -2.34. The van der Waals surface area contributed by atoms with Crippen LogP contribution >= 0.6 is 11.3 Å². The Labute approximate surface area is 160 Å². The highest BCUT2D eigenvalue weighted by atomic mass is 32.2. The maximum absolute atomic E-state index is 12.8. The van der Waals surface area contributed by atoms with Gasteiger partial charge in [-0.2, -0.15) is 0 Å². The Morgan fingerprint density at radius 2 is 2.00 bits per heavy atom. The third-order valence-corrected chi connectivity index (χ3v) is 7.12. The van der Waals surface area contributed by atoms with Crippen molar-refractivity contribution in [3.63, 3.8) is 0 Å². The number of thiophene rings is 1. The van der Waals surface area contributed by atoms with E-state index in [1.807, 2.05) is 19.1 Å². The monoisotopic (exact) mass is 402 g/mol. The third-order valence-electron chi connectivity index (χ3n) is 4.52. The molecular formula is C19H18N2O4S2. The molecule has 2 aromatic heterocycles. The molecule has 2 heterocycles. The lowest BCUT2D eigenvalue weighted by Gasteiger charge is -2.14. The van der Waals surface area contributed by atoms with E-state index in [1.165, 1.54) is 27.5 Å². The van der Waals surface area contributed by atoms with Crippen molar-refractivity contribution >= 4 is 42.5 Å². The lowest BCUT2D eigenvalue weighted by atomic mass is 10.1. The minimum Gasteiger partial charge on any atom is -0.408 e. The zero-order chi connectivity index (χ0) is 19.2. The molecule has 0 spiro atoms. The number of aromatic nitrogens is 1. The summed E-state index contributed by atoms with van der Waals surface area (Å²) in [6, 6.07) is 12.2. The standard InChI is InChI=1S/C19H18N2O4S2/c1-12(9-13-11-26-18-6-4-3-5-15(13)18)20-27(23,24)14-7-8-17-16(10-14)21(2)19(22)25-17/h3-8,10-12,20H,9H2,1-2H3. The van der Waals surface area contributed by atoms with Gasteiger partial charge in [-0.3, -0.25) is 4.57 Å². The predicted molar refractivity (Wildman–Crippen MR) is 107 cm³/mol. The van der Waals surface area contributed by atoms with Gasteiger partial charge in [0.25, 0.3) is 0 Å². The van der Waals surface area contributed by atoms with Crippen molar-refractivity contribution in [2.24, 2.45) is 7.05 Å². The number of hydrogen-bond donors (Lipinski definition) is 1. The van der Waals surface area contributed by atoms with Gasteiger partial charge in [-0.25, -0.2) is 17.9 Å². The van der Waals surface area contributed by atoms with Crippen LogP contribution in [0.25, 0.3) is 21.2 Å². The molecule has 27 heavy (non-hydrogen) atoms. The van der Waals surface area contributed by atoms with E-state index in [4.69, 9.17) is 4.42 Å². The Morgan fingerprint density at radius 1 is 1.22 bits per heavy atom. The number of nitrogens with zero attached hydrogens (tertiary/aromatic N) is 1. The predicted octanol–water partition coefficient (Wildman–Crippen LogP) is 3.26. The minimum absolute atomic E-state index is 0.105. The summed E-state index contributed by atoms with van der Waals surface area (Å²) in [7, 11) is -2.17. The summed E-state index contributed by atoms with van der Waals surface area (Å²) >= 11 is 1.66. The van der Waals surface area contributed by atoms with Crippen molar-refractivity contribution < 1.29 is 12.8 Å². The van der Waals surface area contributed by atoms with E-state index in [9.17, 15) is 13.2 Å². The van der Waals surface area contributed by atoms with E-state index >= 15 is 0 Å². The number of hydrogen-bond acceptors (Lipinski definition) is 5. The van der Waals surface area contributed by atoms with Crippen LogP contribution in [-0.2, 0) is 23.5 Å². The van der Waals surface area contributed by atoms with E-state index in [2.05, 4.69) is 22.2 Å². The second-order valence-corrected chi connectivity index (χ2v) is 9.17. The van der Waals surface area contributed by atoms with Gasteiger partial charge in [0.1, 0.15) is 0 Å². The summed E-state index contributed by atoms with van der Waals surface area (Å²) in [4.78, 5) is 11.7. The molecule has 0 saturated heterocycles. The Hall–Kier alpha value is -2.42. The smallest absolute Gasteiger partial charge is 0.408 e. The van der Waals surface area contributed by atoms with Crippen LogP contribution in [0.15, 0.2) is 62.0 Å². The fourth-order valence-corrected chi connectivity index (χ4v) is 5.41. The van der Waals surface area contributed by atoms with Crippen LogP contribution in [0.3, 0.4) is 0 Å². The second kappa shape index (κ2) is 6.63. The average molecular weight is 402 g/mol. The van der Waals surface area contributed by atoms with E-state index in [0.717, 1.165) is 10.9 Å². The molecule has 0 radical (unpaired) electrons.